The molecule has 0 unspecified atom stereocenters. The van der Waals surface area contributed by atoms with E-state index in [1.54, 1.807) is 5.57 Å². The van der Waals surface area contributed by atoms with Gasteiger partial charge in [-0.1, -0.05) is 43.9 Å². The van der Waals surface area contributed by atoms with Gasteiger partial charge in [0.25, 0.3) is 0 Å². The van der Waals surface area contributed by atoms with E-state index in [1.165, 1.54) is 56.9 Å². The van der Waals surface area contributed by atoms with Gasteiger partial charge >= 0.3 is 0 Å². The van der Waals surface area contributed by atoms with Crippen LogP contribution in [0.2, 0.25) is 0 Å². The summed E-state index contributed by atoms with van der Waals surface area (Å²) in [6.45, 7) is 4.80. The third-order valence-electron chi connectivity index (χ3n) is 7.62. The maximum atomic E-state index is 11.8. The van der Waals surface area contributed by atoms with Crippen molar-refractivity contribution in [3.63, 3.8) is 0 Å². The zero-order chi connectivity index (χ0) is 15.4. The van der Waals surface area contributed by atoms with Crippen molar-refractivity contribution in [1.82, 2.24) is 0 Å². The van der Waals surface area contributed by atoms with E-state index in [9.17, 15) is 4.79 Å². The summed E-state index contributed by atoms with van der Waals surface area (Å²) in [7, 11) is 0. The molecule has 120 valence electrons. The lowest BCUT2D eigenvalue weighted by molar-refractivity contribution is -0.115. The van der Waals surface area contributed by atoms with Crippen LogP contribution in [0.4, 0.5) is 0 Å². The van der Waals surface area contributed by atoms with Crippen LogP contribution in [0, 0.1) is 22.7 Å². The Balaban J connectivity index is 1.73. The van der Waals surface area contributed by atoms with E-state index in [2.05, 4.69) is 19.9 Å². The third kappa shape index (κ3) is 1.93. The number of carbonyl (C=O) groups is 1. The Bertz CT molecular complexity index is 554. The number of hydrogen-bond acceptors (Lipinski definition) is 1. The van der Waals surface area contributed by atoms with Crippen molar-refractivity contribution in [3.05, 3.63) is 23.3 Å². The molecule has 0 saturated heterocycles. The van der Waals surface area contributed by atoms with Crippen LogP contribution in [0.1, 0.15) is 78.1 Å². The highest BCUT2D eigenvalue weighted by Gasteiger charge is 2.53. The predicted molar refractivity (Wildman–Crippen MR) is 90.5 cm³/mol. The molecule has 0 heterocycles. The topological polar surface area (TPSA) is 17.1 Å². The lowest BCUT2D eigenvalue weighted by Gasteiger charge is -2.53. The minimum Gasteiger partial charge on any atom is -0.295 e. The largest absolute Gasteiger partial charge is 0.295 e. The summed E-state index contributed by atoms with van der Waals surface area (Å²) in [6, 6.07) is 0. The lowest BCUT2D eigenvalue weighted by atomic mass is 9.51. The van der Waals surface area contributed by atoms with E-state index in [0.717, 1.165) is 24.7 Å². The molecular weight excluding hydrogens is 268 g/mol. The molecule has 0 spiro atoms. The van der Waals surface area contributed by atoms with Gasteiger partial charge in [0.2, 0.25) is 0 Å². The Kier molecular flexibility index (Phi) is 3.40. The molecule has 1 nitrogen and oxygen atoms in total. The summed E-state index contributed by atoms with van der Waals surface area (Å²) in [6.07, 6.45) is 17.4. The fourth-order valence-electron chi connectivity index (χ4n) is 6.58. The first-order valence-corrected chi connectivity index (χ1v) is 9.53. The summed E-state index contributed by atoms with van der Waals surface area (Å²) < 4.78 is 0. The molecule has 4 aliphatic carbocycles. The first-order valence-electron chi connectivity index (χ1n) is 9.53. The molecule has 1 heteroatoms. The molecule has 4 aliphatic rings. The molecule has 0 amide bonds. The normalized spacial score (nSPS) is 43.8. The molecule has 22 heavy (non-hydrogen) atoms. The quantitative estimate of drug-likeness (QED) is 0.606. The fraction of sp³-hybridized carbons (Fsp3) is 0.762. The molecule has 0 aromatic rings. The van der Waals surface area contributed by atoms with Crippen LogP contribution in [0.15, 0.2) is 23.3 Å². The summed E-state index contributed by atoms with van der Waals surface area (Å²) >= 11 is 0. The van der Waals surface area contributed by atoms with Crippen molar-refractivity contribution in [2.24, 2.45) is 22.7 Å². The van der Waals surface area contributed by atoms with Gasteiger partial charge in [-0.2, -0.15) is 0 Å². The zero-order valence-corrected chi connectivity index (χ0v) is 14.3. The molecule has 0 N–H and O–H groups in total. The predicted octanol–water partition coefficient (Wildman–Crippen LogP) is 5.61. The monoisotopic (exact) mass is 298 g/mol. The van der Waals surface area contributed by atoms with Crippen molar-refractivity contribution < 1.29 is 4.79 Å². The summed E-state index contributed by atoms with van der Waals surface area (Å²) in [5.41, 5.74) is 4.03. The van der Waals surface area contributed by atoms with Crippen molar-refractivity contribution in [3.8, 4) is 0 Å². The van der Waals surface area contributed by atoms with Crippen LogP contribution in [-0.4, -0.2) is 5.78 Å². The number of rotatable bonds is 2. The smallest absolute Gasteiger partial charge is 0.155 e. The van der Waals surface area contributed by atoms with E-state index >= 15 is 0 Å². The number of carbonyl (C=O) groups excluding carboxylic acids is 1. The molecule has 4 atom stereocenters. The van der Waals surface area contributed by atoms with Crippen molar-refractivity contribution in [2.45, 2.75) is 78.1 Å². The molecule has 0 aliphatic heterocycles. The Labute approximate surface area is 135 Å². The third-order valence-corrected chi connectivity index (χ3v) is 7.62. The molecule has 2 fully saturated rings. The molecule has 2 saturated carbocycles. The number of ketones is 1. The highest BCUT2D eigenvalue weighted by Crippen LogP contribution is 2.64. The van der Waals surface area contributed by atoms with E-state index in [1.807, 2.05) is 6.08 Å². The number of hydrogen-bond donors (Lipinski definition) is 0. The van der Waals surface area contributed by atoms with Gasteiger partial charge in [0.15, 0.2) is 5.78 Å². The Morgan fingerprint density at radius 3 is 2.91 bits per heavy atom. The van der Waals surface area contributed by atoms with Crippen LogP contribution < -0.4 is 0 Å². The van der Waals surface area contributed by atoms with Crippen molar-refractivity contribution in [2.75, 3.05) is 0 Å². The first-order chi connectivity index (χ1) is 10.6. The van der Waals surface area contributed by atoms with Gasteiger partial charge in [-0.25, -0.2) is 0 Å². The Morgan fingerprint density at radius 2 is 2.09 bits per heavy atom. The number of allylic oxidation sites excluding steroid dienone is 4. The summed E-state index contributed by atoms with van der Waals surface area (Å²) in [5, 5.41) is 0. The van der Waals surface area contributed by atoms with Gasteiger partial charge in [0.05, 0.1) is 0 Å². The highest BCUT2D eigenvalue weighted by molar-refractivity contribution is 5.92. The van der Waals surface area contributed by atoms with Crippen molar-refractivity contribution >= 4 is 5.78 Å². The molecule has 0 radical (unpaired) electrons. The summed E-state index contributed by atoms with van der Waals surface area (Å²) in [4.78, 5) is 11.8. The molecular formula is C21H30O. The van der Waals surface area contributed by atoms with Crippen LogP contribution in [-0.2, 0) is 4.79 Å². The van der Waals surface area contributed by atoms with Crippen LogP contribution in [0.25, 0.3) is 0 Å². The van der Waals surface area contributed by atoms with Crippen molar-refractivity contribution in [1.29, 1.82) is 0 Å². The maximum Gasteiger partial charge on any atom is 0.155 e. The molecule has 4 rings (SSSR count). The van der Waals surface area contributed by atoms with Crippen LogP contribution >= 0.6 is 0 Å². The first kappa shape index (κ1) is 14.7. The fourth-order valence-corrected chi connectivity index (χ4v) is 6.58. The van der Waals surface area contributed by atoms with Gasteiger partial charge in [-0.15, -0.1) is 0 Å². The van der Waals surface area contributed by atoms with Crippen LogP contribution in [0.3, 0.4) is 0 Å². The maximum absolute atomic E-state index is 11.8. The van der Waals surface area contributed by atoms with Gasteiger partial charge in [0.1, 0.15) is 0 Å². The zero-order valence-electron chi connectivity index (χ0n) is 14.3. The van der Waals surface area contributed by atoms with E-state index < -0.39 is 0 Å². The lowest BCUT2D eigenvalue weighted by Crippen LogP contribution is -2.43. The molecule has 0 bridgehead atoms. The summed E-state index contributed by atoms with van der Waals surface area (Å²) in [5.74, 6) is 2.12. The second kappa shape index (κ2) is 5.08. The second-order valence-corrected chi connectivity index (χ2v) is 8.59. The average Bonchev–Trinajstić information content (AvgIpc) is 2.92. The van der Waals surface area contributed by atoms with Gasteiger partial charge in [-0.3, -0.25) is 4.79 Å². The second-order valence-electron chi connectivity index (χ2n) is 8.59. The van der Waals surface area contributed by atoms with E-state index in [4.69, 9.17) is 0 Å². The van der Waals surface area contributed by atoms with Crippen LogP contribution in [0.5, 0.6) is 0 Å². The average molecular weight is 298 g/mol. The molecule has 0 aromatic carbocycles. The SMILES string of the molecule is CCC[C@]12CC=C3[C@@H](CCC4=CC(=O)CC[C@@]43C)[C@@H]1CCC2. The minimum atomic E-state index is 0.220. The standard InChI is InChI=1S/C21H30O/c1-3-10-21-11-4-5-19(21)17-7-6-15-14-16(22)8-12-20(15,2)18(17)9-13-21/h9,14,17,19H,3-8,10-13H2,1-2H3/t17-,19+,20+,21+/m1/s1. The minimum absolute atomic E-state index is 0.220. The number of fused-ring (bicyclic) bond motifs is 5. The van der Waals surface area contributed by atoms with E-state index in [-0.39, 0.29) is 5.41 Å². The Hall–Kier alpha value is -0.850. The highest BCUT2D eigenvalue weighted by atomic mass is 16.1. The van der Waals surface area contributed by atoms with E-state index in [0.29, 0.717) is 11.2 Å². The van der Waals surface area contributed by atoms with Gasteiger partial charge < -0.3 is 0 Å². The van der Waals surface area contributed by atoms with Gasteiger partial charge in [-0.05, 0) is 68.3 Å². The molecule has 0 aromatic heterocycles. The van der Waals surface area contributed by atoms with Gasteiger partial charge in [0, 0.05) is 11.8 Å². The Morgan fingerprint density at radius 1 is 1.23 bits per heavy atom.